The maximum Gasteiger partial charge on any atom is 0.372 e. The molecule has 0 unspecified atom stereocenters. The van der Waals surface area contributed by atoms with E-state index in [-0.39, 0.29) is 5.82 Å². The predicted octanol–water partition coefficient (Wildman–Crippen LogP) is 1.64. The molecule has 100 valence electrons. The highest BCUT2D eigenvalue weighted by atomic mass is 32.1. The van der Waals surface area contributed by atoms with E-state index in [0.29, 0.717) is 17.3 Å². The van der Waals surface area contributed by atoms with Gasteiger partial charge in [-0.2, -0.15) is 9.38 Å². The molecule has 1 aliphatic heterocycles. The van der Waals surface area contributed by atoms with Crippen molar-refractivity contribution in [2.24, 2.45) is 0 Å². The summed E-state index contributed by atoms with van der Waals surface area (Å²) in [5.41, 5.74) is 1.25. The summed E-state index contributed by atoms with van der Waals surface area (Å²) in [5, 5.41) is 19.2. The van der Waals surface area contributed by atoms with Gasteiger partial charge in [0.25, 0.3) is 4.96 Å². The second kappa shape index (κ2) is 4.98. The van der Waals surface area contributed by atoms with E-state index in [2.05, 4.69) is 21.7 Å². The Labute approximate surface area is 113 Å². The molecular weight excluding hydrogens is 266 g/mol. The molecule has 3 rings (SSSR count). The third-order valence-electron chi connectivity index (χ3n) is 3.05. The van der Waals surface area contributed by atoms with E-state index in [9.17, 15) is 10.1 Å². The van der Waals surface area contributed by atoms with Crippen molar-refractivity contribution < 1.29 is 4.92 Å². The Kier molecular flexibility index (Phi) is 3.18. The van der Waals surface area contributed by atoms with E-state index in [1.807, 2.05) is 0 Å². The number of thiazole rings is 1. The Morgan fingerprint density at radius 1 is 1.63 bits per heavy atom. The van der Waals surface area contributed by atoms with Crippen molar-refractivity contribution in [1.82, 2.24) is 14.7 Å². The lowest BCUT2D eigenvalue weighted by Gasteiger charge is -2.14. The topological polar surface area (TPSA) is 84.5 Å². The van der Waals surface area contributed by atoms with E-state index in [1.165, 1.54) is 21.3 Å². The predicted molar refractivity (Wildman–Crippen MR) is 73.8 cm³/mol. The third-order valence-corrected chi connectivity index (χ3v) is 3.81. The highest BCUT2D eigenvalue weighted by molar-refractivity contribution is 7.15. The first kappa shape index (κ1) is 12.1. The van der Waals surface area contributed by atoms with Gasteiger partial charge >= 0.3 is 5.82 Å². The van der Waals surface area contributed by atoms with Gasteiger partial charge in [-0.1, -0.05) is 23.0 Å². The number of rotatable bonds is 4. The highest BCUT2D eigenvalue weighted by Crippen LogP contribution is 2.28. The molecule has 1 aliphatic rings. The molecule has 0 saturated carbocycles. The van der Waals surface area contributed by atoms with Crippen LogP contribution in [0.1, 0.15) is 6.42 Å². The van der Waals surface area contributed by atoms with Gasteiger partial charge in [-0.15, -0.1) is 0 Å². The second-order valence-electron chi connectivity index (χ2n) is 4.27. The van der Waals surface area contributed by atoms with Gasteiger partial charge in [0.15, 0.2) is 0 Å². The van der Waals surface area contributed by atoms with Gasteiger partial charge in [0, 0.05) is 18.5 Å². The maximum absolute atomic E-state index is 11.1. The van der Waals surface area contributed by atoms with Crippen LogP contribution in [0.15, 0.2) is 23.2 Å². The zero-order valence-corrected chi connectivity index (χ0v) is 10.9. The molecule has 7 nitrogen and oxygen atoms in total. The molecule has 8 heteroatoms. The number of nitrogens with zero attached hydrogens (tertiary/aromatic N) is 3. The summed E-state index contributed by atoms with van der Waals surface area (Å²) >= 11 is 1.38. The molecule has 0 aromatic carbocycles. The number of nitro groups is 1. The molecule has 0 bridgehead atoms. The van der Waals surface area contributed by atoms with E-state index in [4.69, 9.17) is 0 Å². The minimum Gasteiger partial charge on any atom is -0.359 e. The monoisotopic (exact) mass is 279 g/mol. The lowest BCUT2D eigenvalue weighted by atomic mass is 10.1. The average molecular weight is 279 g/mol. The van der Waals surface area contributed by atoms with Crippen LogP contribution in [0.5, 0.6) is 0 Å². The fraction of sp³-hybridized carbons (Fsp3) is 0.364. The number of fused-ring (bicyclic) bond motifs is 1. The van der Waals surface area contributed by atoms with Gasteiger partial charge in [0.05, 0.1) is 0 Å². The summed E-state index contributed by atoms with van der Waals surface area (Å²) in [5.74, 6) is 0.349. The van der Waals surface area contributed by atoms with Crippen molar-refractivity contribution in [2.45, 2.75) is 6.42 Å². The van der Waals surface area contributed by atoms with E-state index >= 15 is 0 Å². The van der Waals surface area contributed by atoms with Crippen molar-refractivity contribution in [2.75, 3.05) is 25.0 Å². The first-order valence-corrected chi connectivity index (χ1v) is 6.86. The lowest BCUT2D eigenvalue weighted by Crippen LogP contribution is -2.23. The summed E-state index contributed by atoms with van der Waals surface area (Å²) in [6.45, 7) is 2.42. The SMILES string of the molecule is O=[N+]([O-])c1c(NCC2=CCNCC2)nc2sccn12. The lowest BCUT2D eigenvalue weighted by molar-refractivity contribution is -0.389. The Balaban J connectivity index is 1.83. The van der Waals surface area contributed by atoms with Gasteiger partial charge < -0.3 is 20.7 Å². The van der Waals surface area contributed by atoms with Crippen LogP contribution in [0.25, 0.3) is 4.96 Å². The molecule has 2 N–H and O–H groups in total. The Morgan fingerprint density at radius 2 is 2.53 bits per heavy atom. The normalized spacial score (nSPS) is 15.5. The standard InChI is InChI=1S/C11H13N5O2S/c17-16(18)10-9(14-11-15(10)5-6-19-11)13-7-8-1-3-12-4-2-8/h1,5-6,12-13H,2-4,7H2. The molecule has 2 aromatic heterocycles. The number of anilines is 1. The number of imidazole rings is 1. The van der Waals surface area contributed by atoms with Crippen molar-refractivity contribution >= 4 is 27.9 Å². The summed E-state index contributed by atoms with van der Waals surface area (Å²) in [6.07, 6.45) is 4.74. The van der Waals surface area contributed by atoms with Crippen LogP contribution >= 0.6 is 11.3 Å². The molecule has 0 aliphatic carbocycles. The molecule has 0 amide bonds. The largest absolute Gasteiger partial charge is 0.372 e. The van der Waals surface area contributed by atoms with Crippen LogP contribution in [0.3, 0.4) is 0 Å². The van der Waals surface area contributed by atoms with Crippen LogP contribution < -0.4 is 10.6 Å². The molecule has 0 spiro atoms. The van der Waals surface area contributed by atoms with Gasteiger partial charge in [0.2, 0.25) is 5.82 Å². The molecule has 19 heavy (non-hydrogen) atoms. The van der Waals surface area contributed by atoms with E-state index in [0.717, 1.165) is 19.5 Å². The van der Waals surface area contributed by atoms with Gasteiger partial charge in [-0.05, 0) is 17.9 Å². The van der Waals surface area contributed by atoms with Gasteiger partial charge in [-0.3, -0.25) is 0 Å². The number of hydrogen-bond donors (Lipinski definition) is 2. The van der Waals surface area contributed by atoms with E-state index < -0.39 is 4.92 Å². The minimum absolute atomic E-state index is 0.00536. The number of aromatic nitrogens is 2. The molecule has 0 radical (unpaired) electrons. The zero-order chi connectivity index (χ0) is 13.2. The van der Waals surface area contributed by atoms with E-state index in [1.54, 1.807) is 11.6 Å². The van der Waals surface area contributed by atoms with Crippen molar-refractivity contribution in [3.8, 4) is 0 Å². The van der Waals surface area contributed by atoms with Gasteiger partial charge in [0.1, 0.15) is 6.20 Å². The zero-order valence-electron chi connectivity index (χ0n) is 10.1. The molecule has 3 heterocycles. The molecule has 0 saturated heterocycles. The van der Waals surface area contributed by atoms with Crippen LogP contribution in [0, 0.1) is 10.1 Å². The number of nitrogens with one attached hydrogen (secondary N) is 2. The Hall–Kier alpha value is -1.93. The first-order chi connectivity index (χ1) is 9.25. The van der Waals surface area contributed by atoms with Crippen LogP contribution in [-0.2, 0) is 0 Å². The van der Waals surface area contributed by atoms with Crippen molar-refractivity contribution in [3.05, 3.63) is 33.3 Å². The average Bonchev–Trinajstić information content (AvgIpc) is 2.96. The van der Waals surface area contributed by atoms with Crippen molar-refractivity contribution in [1.29, 1.82) is 0 Å². The number of hydrogen-bond acceptors (Lipinski definition) is 6. The summed E-state index contributed by atoms with van der Waals surface area (Å²) in [7, 11) is 0. The van der Waals surface area contributed by atoms with Crippen LogP contribution in [0.4, 0.5) is 11.6 Å². The van der Waals surface area contributed by atoms with Crippen LogP contribution in [0.2, 0.25) is 0 Å². The quantitative estimate of drug-likeness (QED) is 0.505. The fourth-order valence-electron chi connectivity index (χ4n) is 2.09. The molecule has 0 atom stereocenters. The summed E-state index contributed by atoms with van der Waals surface area (Å²) in [4.78, 5) is 15.6. The van der Waals surface area contributed by atoms with Gasteiger partial charge in [-0.25, -0.2) is 0 Å². The summed E-state index contributed by atoms with van der Waals surface area (Å²) < 4.78 is 1.50. The molecule has 2 aromatic rings. The fourth-order valence-corrected chi connectivity index (χ4v) is 2.80. The Morgan fingerprint density at radius 3 is 3.26 bits per heavy atom. The summed E-state index contributed by atoms with van der Waals surface area (Å²) in [6, 6.07) is 0. The van der Waals surface area contributed by atoms with Crippen molar-refractivity contribution in [3.63, 3.8) is 0 Å². The Bertz CT molecular complexity index is 645. The van der Waals surface area contributed by atoms with Crippen LogP contribution in [-0.4, -0.2) is 33.9 Å². The first-order valence-electron chi connectivity index (χ1n) is 5.98. The third kappa shape index (κ3) is 2.32. The minimum atomic E-state index is -0.397. The second-order valence-corrected chi connectivity index (χ2v) is 5.14. The smallest absolute Gasteiger partial charge is 0.359 e. The maximum atomic E-state index is 11.1. The molecular formula is C11H13N5O2S. The highest BCUT2D eigenvalue weighted by Gasteiger charge is 2.23. The molecule has 0 fully saturated rings.